The lowest BCUT2D eigenvalue weighted by Gasteiger charge is -2.14. The minimum absolute atomic E-state index is 0.0224. The van der Waals surface area contributed by atoms with Gasteiger partial charge in [0, 0.05) is 6.61 Å². The average Bonchev–Trinajstić information content (AvgIpc) is 3.16. The molecule has 0 amide bonds. The largest absolute Gasteiger partial charge is 0.423 e. The maximum absolute atomic E-state index is 12.9. The number of rotatable bonds is 30. The van der Waals surface area contributed by atoms with Crippen LogP contribution in [0.3, 0.4) is 0 Å². The standard InChI is InChI=1S/C48H72O3/c1-4-6-8-10-12-14-16-17-18-19-21-23-25-27-42-28-30-44(31-29-42)45-32-34-46(35-33-45)48(49)51-47-38-36-43(37-39-47)41(3)50-40-26-24-22-20-15-13-11-9-7-5-2/h28-39,41H,4-27,40H2,1-3H3. The van der Waals surface area contributed by atoms with Crippen molar-refractivity contribution in [2.75, 3.05) is 6.61 Å². The van der Waals surface area contributed by atoms with Gasteiger partial charge in [-0.15, -0.1) is 0 Å². The Balaban J connectivity index is 1.27. The highest BCUT2D eigenvalue weighted by molar-refractivity contribution is 5.91. The third-order valence-electron chi connectivity index (χ3n) is 10.4. The molecule has 1 unspecified atom stereocenters. The lowest BCUT2D eigenvalue weighted by Crippen LogP contribution is -2.08. The predicted octanol–water partition coefficient (Wildman–Crippen LogP) is 15.2. The number of carbonyl (C=O) groups excluding carboxylic acids is 1. The van der Waals surface area contributed by atoms with E-state index in [1.54, 1.807) is 0 Å². The monoisotopic (exact) mass is 697 g/mol. The van der Waals surface area contributed by atoms with Crippen LogP contribution in [-0.4, -0.2) is 12.6 Å². The van der Waals surface area contributed by atoms with Crippen LogP contribution in [0.25, 0.3) is 11.1 Å². The van der Waals surface area contributed by atoms with E-state index >= 15 is 0 Å². The molecule has 0 aliphatic heterocycles. The van der Waals surface area contributed by atoms with Crippen molar-refractivity contribution in [2.45, 2.75) is 181 Å². The van der Waals surface area contributed by atoms with Crippen LogP contribution in [-0.2, 0) is 11.2 Å². The van der Waals surface area contributed by atoms with Gasteiger partial charge < -0.3 is 9.47 Å². The van der Waals surface area contributed by atoms with Crippen molar-refractivity contribution in [2.24, 2.45) is 0 Å². The van der Waals surface area contributed by atoms with Crippen LogP contribution < -0.4 is 4.74 Å². The van der Waals surface area contributed by atoms with Gasteiger partial charge in [-0.25, -0.2) is 4.79 Å². The second kappa shape index (κ2) is 27.7. The topological polar surface area (TPSA) is 35.5 Å². The highest BCUT2D eigenvalue weighted by Gasteiger charge is 2.11. The zero-order valence-electron chi connectivity index (χ0n) is 32.9. The van der Waals surface area contributed by atoms with Crippen molar-refractivity contribution in [3.63, 3.8) is 0 Å². The van der Waals surface area contributed by atoms with Crippen molar-refractivity contribution in [1.82, 2.24) is 0 Å². The third kappa shape index (κ3) is 18.9. The second-order valence-electron chi connectivity index (χ2n) is 14.9. The number of carbonyl (C=O) groups is 1. The van der Waals surface area contributed by atoms with Crippen molar-refractivity contribution < 1.29 is 14.3 Å². The second-order valence-corrected chi connectivity index (χ2v) is 14.9. The first kappa shape index (κ1) is 42.5. The maximum Gasteiger partial charge on any atom is 0.343 e. The molecule has 0 aliphatic carbocycles. The number of hydrogen-bond donors (Lipinski definition) is 0. The maximum atomic E-state index is 12.9. The molecule has 0 aliphatic rings. The summed E-state index contributed by atoms with van der Waals surface area (Å²) < 4.78 is 11.8. The number of esters is 1. The first-order chi connectivity index (χ1) is 25.1. The van der Waals surface area contributed by atoms with E-state index in [1.807, 2.05) is 48.5 Å². The van der Waals surface area contributed by atoms with Crippen LogP contribution in [0.15, 0.2) is 72.8 Å². The molecule has 3 rings (SSSR count). The van der Waals surface area contributed by atoms with Crippen molar-refractivity contribution in [1.29, 1.82) is 0 Å². The summed E-state index contributed by atoms with van der Waals surface area (Å²) in [6.07, 6.45) is 32.5. The molecule has 3 aromatic rings. The van der Waals surface area contributed by atoms with E-state index in [0.717, 1.165) is 30.6 Å². The normalized spacial score (nSPS) is 11.9. The predicted molar refractivity (Wildman–Crippen MR) is 219 cm³/mol. The molecular weight excluding hydrogens is 625 g/mol. The molecule has 3 aromatic carbocycles. The van der Waals surface area contributed by atoms with Gasteiger partial charge in [0.1, 0.15) is 5.75 Å². The van der Waals surface area contributed by atoms with Crippen molar-refractivity contribution in [3.05, 3.63) is 89.5 Å². The molecule has 0 spiro atoms. The smallest absolute Gasteiger partial charge is 0.343 e. The molecule has 0 fully saturated rings. The van der Waals surface area contributed by atoms with Crippen LogP contribution in [0, 0.1) is 0 Å². The van der Waals surface area contributed by atoms with Crippen LogP contribution >= 0.6 is 0 Å². The van der Waals surface area contributed by atoms with Crippen LogP contribution in [0.2, 0.25) is 0 Å². The van der Waals surface area contributed by atoms with Gasteiger partial charge in [-0.1, -0.05) is 197 Å². The number of benzene rings is 3. The molecule has 0 N–H and O–H groups in total. The Bertz CT molecular complexity index is 1260. The number of hydrogen-bond acceptors (Lipinski definition) is 3. The molecule has 51 heavy (non-hydrogen) atoms. The SMILES string of the molecule is CCCCCCCCCCCCCCCc1ccc(-c2ccc(C(=O)Oc3ccc(C(C)OCCCCCCCCCCCC)cc3)cc2)cc1. The van der Waals surface area contributed by atoms with Crippen molar-refractivity contribution in [3.8, 4) is 16.9 Å². The molecule has 0 bridgehead atoms. The molecule has 0 saturated carbocycles. The van der Waals surface area contributed by atoms with E-state index in [9.17, 15) is 4.79 Å². The minimum Gasteiger partial charge on any atom is -0.423 e. The molecule has 0 aromatic heterocycles. The summed E-state index contributed by atoms with van der Waals surface area (Å²) in [5, 5.41) is 0. The Morgan fingerprint density at radius 1 is 0.490 bits per heavy atom. The fourth-order valence-electron chi connectivity index (χ4n) is 6.93. The third-order valence-corrected chi connectivity index (χ3v) is 10.4. The quantitative estimate of drug-likeness (QED) is 0.0395. The highest BCUT2D eigenvalue weighted by Crippen LogP contribution is 2.24. The Morgan fingerprint density at radius 3 is 1.37 bits per heavy atom. The number of aryl methyl sites for hydroxylation is 1. The van der Waals surface area contributed by atoms with E-state index in [0.29, 0.717) is 11.3 Å². The first-order valence-electron chi connectivity index (χ1n) is 21.2. The van der Waals surface area contributed by atoms with E-state index in [1.165, 1.54) is 152 Å². The summed E-state index contributed by atoms with van der Waals surface area (Å²) >= 11 is 0. The first-order valence-corrected chi connectivity index (χ1v) is 21.2. The van der Waals surface area contributed by atoms with Gasteiger partial charge in [-0.3, -0.25) is 0 Å². The Hall–Kier alpha value is -2.91. The van der Waals surface area contributed by atoms with Crippen LogP contribution in [0.4, 0.5) is 0 Å². The zero-order valence-corrected chi connectivity index (χ0v) is 32.9. The van der Waals surface area contributed by atoms with E-state index in [2.05, 4.69) is 45.0 Å². The van der Waals surface area contributed by atoms with E-state index < -0.39 is 0 Å². The Labute approximate surface area is 313 Å². The molecule has 0 heterocycles. The number of ether oxygens (including phenoxy) is 2. The summed E-state index contributed by atoms with van der Waals surface area (Å²) in [6, 6.07) is 24.4. The van der Waals surface area contributed by atoms with E-state index in [4.69, 9.17) is 9.47 Å². The zero-order chi connectivity index (χ0) is 36.2. The molecule has 3 nitrogen and oxygen atoms in total. The van der Waals surface area contributed by atoms with Gasteiger partial charge in [0.05, 0.1) is 11.7 Å². The molecule has 0 saturated heterocycles. The summed E-state index contributed by atoms with van der Waals surface area (Å²) in [5.74, 6) is 0.210. The minimum atomic E-state index is -0.340. The van der Waals surface area contributed by atoms with Gasteiger partial charge in [-0.2, -0.15) is 0 Å². The fourth-order valence-corrected chi connectivity index (χ4v) is 6.93. The Morgan fingerprint density at radius 2 is 0.902 bits per heavy atom. The lowest BCUT2D eigenvalue weighted by molar-refractivity contribution is 0.0627. The molecule has 0 radical (unpaired) electrons. The van der Waals surface area contributed by atoms with Gasteiger partial charge in [0.15, 0.2) is 0 Å². The average molecular weight is 697 g/mol. The Kier molecular flexibility index (Phi) is 23.1. The highest BCUT2D eigenvalue weighted by atomic mass is 16.5. The fraction of sp³-hybridized carbons (Fsp3) is 0.604. The lowest BCUT2D eigenvalue weighted by atomic mass is 10.00. The molecule has 282 valence electrons. The summed E-state index contributed by atoms with van der Waals surface area (Å²) in [4.78, 5) is 12.9. The van der Waals surface area contributed by atoms with Gasteiger partial charge in [0.25, 0.3) is 0 Å². The summed E-state index contributed by atoms with van der Waals surface area (Å²) in [6.45, 7) is 7.44. The molecular formula is C48H72O3. The molecule has 1 atom stereocenters. The van der Waals surface area contributed by atoms with Crippen LogP contribution in [0.5, 0.6) is 5.75 Å². The van der Waals surface area contributed by atoms with Gasteiger partial charge in [0.2, 0.25) is 0 Å². The molecule has 3 heteroatoms. The number of unbranched alkanes of at least 4 members (excludes halogenated alkanes) is 21. The van der Waals surface area contributed by atoms with Gasteiger partial charge >= 0.3 is 5.97 Å². The summed E-state index contributed by atoms with van der Waals surface area (Å²) in [7, 11) is 0. The van der Waals surface area contributed by atoms with Gasteiger partial charge in [-0.05, 0) is 72.7 Å². The summed E-state index contributed by atoms with van der Waals surface area (Å²) in [5.41, 5.74) is 5.33. The van der Waals surface area contributed by atoms with E-state index in [-0.39, 0.29) is 12.1 Å². The van der Waals surface area contributed by atoms with Crippen molar-refractivity contribution >= 4 is 5.97 Å². The van der Waals surface area contributed by atoms with Crippen LogP contribution in [0.1, 0.15) is 196 Å².